The first kappa shape index (κ1) is 21.1. The number of β-amino-alcohol motifs (C(OH)–C–C–N with tert-alkyl or cyclic N) is 1. The van der Waals surface area contributed by atoms with Gasteiger partial charge in [0.15, 0.2) is 11.5 Å². The van der Waals surface area contributed by atoms with Gasteiger partial charge in [0.05, 0.1) is 13.2 Å². The van der Waals surface area contributed by atoms with Gasteiger partial charge in [0, 0.05) is 32.9 Å². The maximum absolute atomic E-state index is 12.4. The number of hydrogen-bond acceptors (Lipinski definition) is 8. The minimum atomic E-state index is -0.847. The first-order valence-electron chi connectivity index (χ1n) is 8.46. The van der Waals surface area contributed by atoms with Crippen LogP contribution >= 0.6 is 0 Å². The van der Waals surface area contributed by atoms with Crippen molar-refractivity contribution < 1.29 is 38.5 Å². The molecular formula is C19H21NO8. The van der Waals surface area contributed by atoms with Gasteiger partial charge in [0.2, 0.25) is 5.91 Å². The zero-order valence-corrected chi connectivity index (χ0v) is 15.7. The molecule has 9 nitrogen and oxygen atoms in total. The van der Waals surface area contributed by atoms with Gasteiger partial charge in [0.25, 0.3) is 0 Å². The Morgan fingerprint density at radius 1 is 1.11 bits per heavy atom. The maximum Gasteiger partial charge on any atom is 0.328 e. The maximum atomic E-state index is 12.4. The molecule has 0 radical (unpaired) electrons. The van der Waals surface area contributed by atoms with Crippen LogP contribution in [0.3, 0.4) is 0 Å². The SMILES string of the molecule is COC(=O)[C@@H]1C[C@@H](O)CN1C(=O)/C=C/c1ccc(OC(C)=O)c(OC(C)=O)c1. The van der Waals surface area contributed by atoms with E-state index in [9.17, 15) is 24.3 Å². The molecule has 1 aliphatic rings. The number of carbonyl (C=O) groups is 4. The van der Waals surface area contributed by atoms with Crippen LogP contribution in [0.25, 0.3) is 6.08 Å². The molecule has 1 fully saturated rings. The average Bonchev–Trinajstić information content (AvgIpc) is 3.02. The third-order valence-corrected chi connectivity index (χ3v) is 3.93. The number of benzene rings is 1. The number of nitrogens with zero attached hydrogens (tertiary/aromatic N) is 1. The summed E-state index contributed by atoms with van der Waals surface area (Å²) in [5, 5.41) is 9.76. The van der Waals surface area contributed by atoms with Crippen molar-refractivity contribution >= 4 is 29.9 Å². The van der Waals surface area contributed by atoms with Gasteiger partial charge in [-0.3, -0.25) is 14.4 Å². The summed E-state index contributed by atoms with van der Waals surface area (Å²) in [6.07, 6.45) is 1.98. The lowest BCUT2D eigenvalue weighted by atomic mass is 10.1. The van der Waals surface area contributed by atoms with Gasteiger partial charge in [0.1, 0.15) is 6.04 Å². The molecule has 0 saturated carbocycles. The van der Waals surface area contributed by atoms with E-state index in [0.717, 1.165) is 0 Å². The van der Waals surface area contributed by atoms with Crippen LogP contribution in [0.2, 0.25) is 0 Å². The number of aliphatic hydroxyl groups is 1. The smallest absolute Gasteiger partial charge is 0.328 e. The highest BCUT2D eigenvalue weighted by atomic mass is 16.6. The van der Waals surface area contributed by atoms with E-state index in [1.165, 1.54) is 50.1 Å². The molecular weight excluding hydrogens is 370 g/mol. The topological polar surface area (TPSA) is 119 Å². The Bertz CT molecular complexity index is 816. The molecule has 28 heavy (non-hydrogen) atoms. The van der Waals surface area contributed by atoms with E-state index in [4.69, 9.17) is 9.47 Å². The Balaban J connectivity index is 2.20. The third kappa shape index (κ3) is 5.40. The monoisotopic (exact) mass is 391 g/mol. The predicted octanol–water partition coefficient (Wildman–Crippen LogP) is 0.685. The molecule has 1 heterocycles. The second-order valence-electron chi connectivity index (χ2n) is 6.15. The van der Waals surface area contributed by atoms with Gasteiger partial charge >= 0.3 is 17.9 Å². The summed E-state index contributed by atoms with van der Waals surface area (Å²) in [4.78, 5) is 47.8. The fourth-order valence-corrected chi connectivity index (χ4v) is 2.78. The van der Waals surface area contributed by atoms with E-state index in [1.807, 2.05) is 0 Å². The van der Waals surface area contributed by atoms with Crippen LogP contribution in [0.4, 0.5) is 0 Å². The van der Waals surface area contributed by atoms with Crippen molar-refractivity contribution in [2.45, 2.75) is 32.4 Å². The summed E-state index contributed by atoms with van der Waals surface area (Å²) in [5.74, 6) is -2.15. The summed E-state index contributed by atoms with van der Waals surface area (Å²) in [6.45, 7) is 2.44. The minimum absolute atomic E-state index is 0.0209. The number of methoxy groups -OCH3 is 1. The number of aliphatic hydroxyl groups excluding tert-OH is 1. The lowest BCUT2D eigenvalue weighted by molar-refractivity contribution is -0.149. The Kier molecular flexibility index (Phi) is 6.89. The zero-order valence-electron chi connectivity index (χ0n) is 15.7. The molecule has 1 aliphatic heterocycles. The van der Waals surface area contributed by atoms with Crippen LogP contribution in [0.15, 0.2) is 24.3 Å². The first-order valence-corrected chi connectivity index (χ1v) is 8.46. The normalized spacial score (nSPS) is 18.8. The average molecular weight is 391 g/mol. The van der Waals surface area contributed by atoms with E-state index >= 15 is 0 Å². The number of esters is 3. The first-order chi connectivity index (χ1) is 13.2. The van der Waals surface area contributed by atoms with E-state index in [-0.39, 0.29) is 24.5 Å². The zero-order chi connectivity index (χ0) is 20.8. The van der Waals surface area contributed by atoms with Crippen molar-refractivity contribution in [1.82, 2.24) is 4.90 Å². The Morgan fingerprint density at radius 3 is 2.36 bits per heavy atom. The number of amides is 1. The molecule has 1 aromatic rings. The molecule has 1 aromatic carbocycles. The Labute approximate surface area is 161 Å². The van der Waals surface area contributed by atoms with Gasteiger partial charge in [-0.05, 0) is 23.8 Å². The summed E-state index contributed by atoms with van der Waals surface area (Å²) < 4.78 is 14.7. The van der Waals surface area contributed by atoms with Crippen molar-refractivity contribution in [2.24, 2.45) is 0 Å². The molecule has 0 spiro atoms. The summed E-state index contributed by atoms with van der Waals surface area (Å²) >= 11 is 0. The summed E-state index contributed by atoms with van der Waals surface area (Å²) in [6, 6.07) is 3.58. The standard InChI is InChI=1S/C19H21NO8/c1-11(21)27-16-6-4-13(8-17(16)28-12(2)22)5-7-18(24)20-10-14(23)9-15(20)19(25)26-3/h4-8,14-15,23H,9-10H2,1-3H3/b7-5+/t14-,15+/m1/s1. The highest BCUT2D eigenvalue weighted by Crippen LogP contribution is 2.29. The lowest BCUT2D eigenvalue weighted by Crippen LogP contribution is -2.40. The predicted molar refractivity (Wildman–Crippen MR) is 96.2 cm³/mol. The van der Waals surface area contributed by atoms with Gasteiger partial charge < -0.3 is 24.2 Å². The second-order valence-corrected chi connectivity index (χ2v) is 6.15. The highest BCUT2D eigenvalue weighted by Gasteiger charge is 2.38. The van der Waals surface area contributed by atoms with Crippen molar-refractivity contribution in [2.75, 3.05) is 13.7 Å². The highest BCUT2D eigenvalue weighted by molar-refractivity contribution is 5.95. The number of likely N-dealkylation sites (tertiary alicyclic amines) is 1. The van der Waals surface area contributed by atoms with Crippen molar-refractivity contribution in [1.29, 1.82) is 0 Å². The molecule has 0 aliphatic carbocycles. The fraction of sp³-hybridized carbons (Fsp3) is 0.368. The van der Waals surface area contributed by atoms with Crippen LogP contribution in [0.1, 0.15) is 25.8 Å². The van der Waals surface area contributed by atoms with Crippen molar-refractivity contribution in [3.05, 3.63) is 29.8 Å². The van der Waals surface area contributed by atoms with E-state index < -0.39 is 36.0 Å². The summed E-state index contributed by atoms with van der Waals surface area (Å²) in [5.41, 5.74) is 0.495. The van der Waals surface area contributed by atoms with Gasteiger partial charge in [-0.1, -0.05) is 6.07 Å². The largest absolute Gasteiger partial charge is 0.467 e. The molecule has 9 heteroatoms. The Hall–Kier alpha value is -3.20. The van der Waals surface area contributed by atoms with Crippen LogP contribution in [-0.2, 0) is 23.9 Å². The molecule has 1 saturated heterocycles. The molecule has 1 N–H and O–H groups in total. The number of rotatable bonds is 5. The molecule has 0 bridgehead atoms. The molecule has 2 atom stereocenters. The van der Waals surface area contributed by atoms with Gasteiger partial charge in [-0.2, -0.15) is 0 Å². The molecule has 0 aromatic heterocycles. The lowest BCUT2D eigenvalue weighted by Gasteiger charge is -2.20. The van der Waals surface area contributed by atoms with Crippen LogP contribution < -0.4 is 9.47 Å². The van der Waals surface area contributed by atoms with Gasteiger partial charge in [-0.15, -0.1) is 0 Å². The fourth-order valence-electron chi connectivity index (χ4n) is 2.78. The molecule has 1 amide bonds. The van der Waals surface area contributed by atoms with Crippen LogP contribution in [-0.4, -0.2) is 59.6 Å². The molecule has 0 unspecified atom stereocenters. The molecule has 150 valence electrons. The quantitative estimate of drug-likeness (QED) is 0.442. The second kappa shape index (κ2) is 9.14. The van der Waals surface area contributed by atoms with Crippen molar-refractivity contribution in [3.63, 3.8) is 0 Å². The van der Waals surface area contributed by atoms with E-state index in [0.29, 0.717) is 5.56 Å². The molecule has 2 rings (SSSR count). The van der Waals surface area contributed by atoms with Crippen LogP contribution in [0.5, 0.6) is 11.5 Å². The Morgan fingerprint density at radius 2 is 1.75 bits per heavy atom. The number of ether oxygens (including phenoxy) is 3. The number of hydrogen-bond donors (Lipinski definition) is 1. The number of carbonyl (C=O) groups excluding carboxylic acids is 4. The van der Waals surface area contributed by atoms with Crippen LogP contribution in [0, 0.1) is 0 Å². The van der Waals surface area contributed by atoms with Crippen molar-refractivity contribution in [3.8, 4) is 11.5 Å². The van der Waals surface area contributed by atoms with E-state index in [1.54, 1.807) is 6.07 Å². The van der Waals surface area contributed by atoms with E-state index in [2.05, 4.69) is 4.74 Å². The third-order valence-electron chi connectivity index (χ3n) is 3.93. The van der Waals surface area contributed by atoms with Gasteiger partial charge in [-0.25, -0.2) is 4.79 Å². The summed E-state index contributed by atoms with van der Waals surface area (Å²) in [7, 11) is 1.22. The minimum Gasteiger partial charge on any atom is -0.467 e.